The van der Waals surface area contributed by atoms with E-state index in [1.807, 2.05) is 0 Å². The van der Waals surface area contributed by atoms with Gasteiger partial charge < -0.3 is 16.0 Å². The summed E-state index contributed by atoms with van der Waals surface area (Å²) in [6, 6.07) is 11.3. The molecule has 2 aromatic carbocycles. The molecule has 0 aliphatic carbocycles. The highest BCUT2D eigenvalue weighted by atomic mass is 19.1. The van der Waals surface area contributed by atoms with Crippen LogP contribution in [-0.4, -0.2) is 30.9 Å². The summed E-state index contributed by atoms with van der Waals surface area (Å²) in [5.41, 5.74) is 1.45. The van der Waals surface area contributed by atoms with E-state index in [0.29, 0.717) is 17.8 Å². The zero-order chi connectivity index (χ0) is 18.5. The Bertz CT molecular complexity index is 816. The monoisotopic (exact) mass is 355 g/mol. The molecule has 1 aliphatic heterocycles. The lowest BCUT2D eigenvalue weighted by atomic mass is 10.1. The zero-order valence-electron chi connectivity index (χ0n) is 14.6. The molecule has 1 heterocycles. The Morgan fingerprint density at radius 3 is 2.62 bits per heavy atom. The lowest BCUT2D eigenvalue weighted by Crippen LogP contribution is -2.37. The first-order valence-corrected chi connectivity index (χ1v) is 8.73. The van der Waals surface area contributed by atoms with Gasteiger partial charge in [0.1, 0.15) is 5.82 Å². The molecule has 2 amide bonds. The van der Waals surface area contributed by atoms with Crippen LogP contribution >= 0.6 is 0 Å². The van der Waals surface area contributed by atoms with Crippen LogP contribution in [0.25, 0.3) is 0 Å². The van der Waals surface area contributed by atoms with Gasteiger partial charge in [0.05, 0.1) is 16.8 Å². The van der Waals surface area contributed by atoms with E-state index in [1.54, 1.807) is 31.2 Å². The number of halogens is 1. The maximum atomic E-state index is 13.8. The van der Waals surface area contributed by atoms with Crippen LogP contribution in [0, 0.1) is 12.7 Å². The molecular weight excluding hydrogens is 333 g/mol. The van der Waals surface area contributed by atoms with Crippen LogP contribution < -0.4 is 16.0 Å². The second-order valence-corrected chi connectivity index (χ2v) is 6.43. The number of carbonyl (C=O) groups excluding carboxylic acids is 2. The number of anilines is 1. The number of amides is 2. The molecule has 1 aliphatic rings. The number of rotatable bonds is 5. The van der Waals surface area contributed by atoms with E-state index in [0.717, 1.165) is 24.9 Å². The van der Waals surface area contributed by atoms with Crippen molar-refractivity contribution in [3.8, 4) is 0 Å². The number of hydrogen-bond donors (Lipinski definition) is 3. The quantitative estimate of drug-likeness (QED) is 0.772. The molecule has 2 aromatic rings. The van der Waals surface area contributed by atoms with Crippen molar-refractivity contribution in [2.24, 2.45) is 0 Å². The molecule has 1 unspecified atom stereocenters. The fourth-order valence-electron chi connectivity index (χ4n) is 3.09. The molecule has 5 nitrogen and oxygen atoms in total. The van der Waals surface area contributed by atoms with Gasteiger partial charge in [0.2, 0.25) is 0 Å². The Balaban J connectivity index is 1.77. The third kappa shape index (κ3) is 4.08. The number of aryl methyl sites for hydroxylation is 1. The first-order valence-electron chi connectivity index (χ1n) is 8.73. The van der Waals surface area contributed by atoms with Crippen LogP contribution in [0.15, 0.2) is 42.5 Å². The zero-order valence-corrected chi connectivity index (χ0v) is 14.6. The van der Waals surface area contributed by atoms with Crippen LogP contribution in [0.5, 0.6) is 0 Å². The van der Waals surface area contributed by atoms with Crippen molar-refractivity contribution in [2.75, 3.05) is 18.4 Å². The summed E-state index contributed by atoms with van der Waals surface area (Å²) < 4.78 is 13.8. The summed E-state index contributed by atoms with van der Waals surface area (Å²) in [5, 5.41) is 8.92. The molecule has 0 radical (unpaired) electrons. The van der Waals surface area contributed by atoms with E-state index in [9.17, 15) is 14.0 Å². The molecule has 3 rings (SSSR count). The van der Waals surface area contributed by atoms with E-state index in [2.05, 4.69) is 16.0 Å². The van der Waals surface area contributed by atoms with E-state index in [-0.39, 0.29) is 17.5 Å². The van der Waals surface area contributed by atoms with Gasteiger partial charge in [-0.2, -0.15) is 0 Å². The van der Waals surface area contributed by atoms with Gasteiger partial charge in [-0.1, -0.05) is 24.3 Å². The molecule has 0 saturated carbocycles. The molecule has 1 atom stereocenters. The van der Waals surface area contributed by atoms with Gasteiger partial charge >= 0.3 is 0 Å². The largest absolute Gasteiger partial charge is 0.350 e. The van der Waals surface area contributed by atoms with Crippen molar-refractivity contribution in [1.82, 2.24) is 10.6 Å². The Morgan fingerprint density at radius 1 is 1.12 bits per heavy atom. The molecule has 136 valence electrons. The van der Waals surface area contributed by atoms with E-state index in [4.69, 9.17) is 0 Å². The summed E-state index contributed by atoms with van der Waals surface area (Å²) in [5.74, 6) is -1.44. The Kier molecular flexibility index (Phi) is 5.63. The fourth-order valence-corrected chi connectivity index (χ4v) is 3.09. The molecule has 0 bridgehead atoms. The van der Waals surface area contributed by atoms with Gasteiger partial charge in [0.25, 0.3) is 11.8 Å². The second kappa shape index (κ2) is 8.10. The van der Waals surface area contributed by atoms with Crippen LogP contribution in [0.1, 0.15) is 39.1 Å². The minimum Gasteiger partial charge on any atom is -0.350 e. The molecule has 0 aromatic heterocycles. The number of carbonyl (C=O) groups is 2. The summed E-state index contributed by atoms with van der Waals surface area (Å²) in [4.78, 5) is 25.0. The highest BCUT2D eigenvalue weighted by Crippen LogP contribution is 2.22. The lowest BCUT2D eigenvalue weighted by Gasteiger charge is -2.16. The van der Waals surface area contributed by atoms with Crippen molar-refractivity contribution in [1.29, 1.82) is 0 Å². The second-order valence-electron chi connectivity index (χ2n) is 6.43. The van der Waals surface area contributed by atoms with Crippen LogP contribution in [0.3, 0.4) is 0 Å². The van der Waals surface area contributed by atoms with Crippen LogP contribution in [-0.2, 0) is 0 Å². The smallest absolute Gasteiger partial charge is 0.258 e. The van der Waals surface area contributed by atoms with Crippen molar-refractivity contribution in [3.05, 3.63) is 65.0 Å². The maximum Gasteiger partial charge on any atom is 0.258 e. The average Bonchev–Trinajstić information content (AvgIpc) is 3.15. The van der Waals surface area contributed by atoms with Gasteiger partial charge in [-0.25, -0.2) is 4.39 Å². The Labute approximate surface area is 152 Å². The van der Waals surface area contributed by atoms with E-state index < -0.39 is 11.7 Å². The van der Waals surface area contributed by atoms with Crippen LogP contribution in [0.2, 0.25) is 0 Å². The molecule has 1 fully saturated rings. The van der Waals surface area contributed by atoms with Gasteiger partial charge in [-0.05, 0) is 50.1 Å². The number of benzene rings is 2. The summed E-state index contributed by atoms with van der Waals surface area (Å²) in [6.07, 6.45) is 2.14. The topological polar surface area (TPSA) is 70.2 Å². The SMILES string of the molecule is Cc1cccc(C(=O)NCC2CCCN2)c1NC(=O)c1ccccc1F. The highest BCUT2D eigenvalue weighted by molar-refractivity contribution is 6.09. The number of para-hydroxylation sites is 1. The molecule has 1 saturated heterocycles. The molecule has 3 N–H and O–H groups in total. The predicted molar refractivity (Wildman–Crippen MR) is 98.9 cm³/mol. The summed E-state index contributed by atoms with van der Waals surface area (Å²) in [6.45, 7) is 3.30. The minimum absolute atomic E-state index is 0.0581. The van der Waals surface area contributed by atoms with Crippen molar-refractivity contribution >= 4 is 17.5 Å². The third-order valence-corrected chi connectivity index (χ3v) is 4.55. The van der Waals surface area contributed by atoms with Gasteiger partial charge in [0, 0.05) is 12.6 Å². The molecular formula is C20H22FN3O2. The lowest BCUT2D eigenvalue weighted by molar-refractivity contribution is 0.0951. The first-order chi connectivity index (χ1) is 12.6. The fraction of sp³-hybridized carbons (Fsp3) is 0.300. The third-order valence-electron chi connectivity index (χ3n) is 4.55. The van der Waals surface area contributed by atoms with Gasteiger partial charge in [-0.3, -0.25) is 9.59 Å². The Hall–Kier alpha value is -2.73. The van der Waals surface area contributed by atoms with Crippen molar-refractivity contribution < 1.29 is 14.0 Å². The summed E-state index contributed by atoms with van der Waals surface area (Å²) >= 11 is 0. The first kappa shape index (κ1) is 18.1. The highest BCUT2D eigenvalue weighted by Gasteiger charge is 2.20. The molecule has 6 heteroatoms. The summed E-state index contributed by atoms with van der Waals surface area (Å²) in [7, 11) is 0. The number of hydrogen-bond acceptors (Lipinski definition) is 3. The maximum absolute atomic E-state index is 13.8. The van der Waals surface area contributed by atoms with Gasteiger partial charge in [-0.15, -0.1) is 0 Å². The average molecular weight is 355 g/mol. The standard InChI is InChI=1S/C20H22FN3O2/c1-13-6-4-9-16(19(25)23-12-14-7-5-11-22-14)18(13)24-20(26)15-8-2-3-10-17(15)21/h2-4,6,8-10,14,22H,5,7,11-12H2,1H3,(H,23,25)(H,24,26). The van der Waals surface area contributed by atoms with E-state index >= 15 is 0 Å². The molecule has 26 heavy (non-hydrogen) atoms. The van der Waals surface area contributed by atoms with E-state index in [1.165, 1.54) is 18.2 Å². The van der Waals surface area contributed by atoms with Crippen LogP contribution in [0.4, 0.5) is 10.1 Å². The predicted octanol–water partition coefficient (Wildman–Crippen LogP) is 2.87. The minimum atomic E-state index is -0.600. The van der Waals surface area contributed by atoms with Crippen molar-refractivity contribution in [2.45, 2.75) is 25.8 Å². The normalized spacial score (nSPS) is 16.3. The number of nitrogens with one attached hydrogen (secondary N) is 3. The van der Waals surface area contributed by atoms with Gasteiger partial charge in [0.15, 0.2) is 0 Å². The van der Waals surface area contributed by atoms with Crippen molar-refractivity contribution in [3.63, 3.8) is 0 Å². The Morgan fingerprint density at radius 2 is 1.88 bits per heavy atom. The molecule has 0 spiro atoms.